The summed E-state index contributed by atoms with van der Waals surface area (Å²) in [5.74, 6) is -0.0553. The van der Waals surface area contributed by atoms with Gasteiger partial charge in [0.25, 0.3) is 0 Å². The van der Waals surface area contributed by atoms with E-state index in [4.69, 9.17) is 5.73 Å². The molecule has 0 aromatic rings. The number of nitrogens with zero attached hydrogens (tertiary/aromatic N) is 1. The predicted molar refractivity (Wildman–Crippen MR) is 59.3 cm³/mol. The van der Waals surface area contributed by atoms with Crippen LogP contribution < -0.4 is 5.73 Å². The van der Waals surface area contributed by atoms with Crippen LogP contribution in [0, 0.1) is 5.41 Å². The molecule has 1 amide bonds. The number of likely N-dealkylation sites (tertiary alicyclic amines) is 1. The third-order valence-electron chi connectivity index (χ3n) is 2.96. The van der Waals surface area contributed by atoms with Gasteiger partial charge in [-0.15, -0.1) is 0 Å². The molecule has 1 rings (SSSR count). The van der Waals surface area contributed by atoms with Gasteiger partial charge in [-0.1, -0.05) is 20.8 Å². The van der Waals surface area contributed by atoms with Gasteiger partial charge in [0.05, 0.1) is 11.6 Å². The Bertz CT molecular complexity index is 256. The van der Waals surface area contributed by atoms with Crippen LogP contribution in [-0.4, -0.2) is 40.6 Å². The highest BCUT2D eigenvalue weighted by molar-refractivity contribution is 5.82. The highest BCUT2D eigenvalue weighted by Gasteiger charge is 2.38. The Labute approximate surface area is 91.4 Å². The summed E-state index contributed by atoms with van der Waals surface area (Å²) in [6.45, 7) is 8.60. The highest BCUT2D eigenvalue weighted by Crippen LogP contribution is 2.24. The Hall–Kier alpha value is -0.610. The molecule has 4 heteroatoms. The summed E-state index contributed by atoms with van der Waals surface area (Å²) in [6, 6.07) is -0.494. The van der Waals surface area contributed by atoms with E-state index in [-0.39, 0.29) is 11.3 Å². The number of rotatable bonds is 1. The first-order valence-electron chi connectivity index (χ1n) is 5.40. The average Bonchev–Trinajstić information content (AvgIpc) is 2.42. The molecule has 0 spiro atoms. The van der Waals surface area contributed by atoms with Crippen molar-refractivity contribution in [2.45, 2.75) is 45.8 Å². The Morgan fingerprint density at radius 1 is 1.53 bits per heavy atom. The van der Waals surface area contributed by atoms with E-state index in [1.165, 1.54) is 0 Å². The lowest BCUT2D eigenvalue weighted by molar-refractivity contribution is -0.134. The van der Waals surface area contributed by atoms with E-state index in [1.807, 2.05) is 20.8 Å². The van der Waals surface area contributed by atoms with Crippen LogP contribution in [0.4, 0.5) is 0 Å². The van der Waals surface area contributed by atoms with Gasteiger partial charge in [0.2, 0.25) is 5.91 Å². The summed E-state index contributed by atoms with van der Waals surface area (Å²) in [5.41, 5.74) is 4.92. The Kier molecular flexibility index (Phi) is 3.12. The number of carbonyl (C=O) groups excluding carboxylic acids is 1. The van der Waals surface area contributed by atoms with Crippen LogP contribution in [0.2, 0.25) is 0 Å². The Balaban J connectivity index is 2.64. The van der Waals surface area contributed by atoms with Gasteiger partial charge in [-0.2, -0.15) is 0 Å². The minimum atomic E-state index is -0.743. The maximum atomic E-state index is 12.0. The molecule has 0 aromatic heterocycles. The molecule has 0 aliphatic carbocycles. The molecule has 0 aromatic carbocycles. The van der Waals surface area contributed by atoms with Gasteiger partial charge < -0.3 is 15.7 Å². The van der Waals surface area contributed by atoms with Gasteiger partial charge in [0, 0.05) is 13.1 Å². The molecule has 0 radical (unpaired) electrons. The van der Waals surface area contributed by atoms with Crippen molar-refractivity contribution in [3.63, 3.8) is 0 Å². The zero-order chi connectivity index (χ0) is 11.9. The summed E-state index contributed by atoms with van der Waals surface area (Å²) in [7, 11) is 0. The van der Waals surface area contributed by atoms with Crippen LogP contribution in [-0.2, 0) is 4.79 Å². The molecular formula is C11H22N2O2. The van der Waals surface area contributed by atoms with E-state index >= 15 is 0 Å². The monoisotopic (exact) mass is 214 g/mol. The molecule has 0 saturated carbocycles. The number of nitrogens with two attached hydrogens (primary N) is 1. The van der Waals surface area contributed by atoms with Gasteiger partial charge in [0.15, 0.2) is 0 Å². The molecule has 1 saturated heterocycles. The lowest BCUT2D eigenvalue weighted by atomic mass is 9.86. The summed E-state index contributed by atoms with van der Waals surface area (Å²) in [5, 5.41) is 9.76. The SMILES string of the molecule is CC1(O)CCN(C(=O)[C@H](N)C(C)(C)C)C1. The van der Waals surface area contributed by atoms with Crippen molar-refractivity contribution >= 4 is 5.91 Å². The number of β-amino-alcohol motifs (C(OH)–C–C–N with tert-alkyl or cyclic N) is 1. The van der Waals surface area contributed by atoms with Gasteiger partial charge in [-0.3, -0.25) is 4.79 Å². The fourth-order valence-corrected chi connectivity index (χ4v) is 1.70. The van der Waals surface area contributed by atoms with Crippen molar-refractivity contribution < 1.29 is 9.90 Å². The number of carbonyl (C=O) groups is 1. The van der Waals surface area contributed by atoms with Gasteiger partial charge >= 0.3 is 0 Å². The maximum Gasteiger partial charge on any atom is 0.240 e. The van der Waals surface area contributed by atoms with Crippen molar-refractivity contribution in [3.8, 4) is 0 Å². The summed E-state index contributed by atoms with van der Waals surface area (Å²) in [6.07, 6.45) is 0.635. The van der Waals surface area contributed by atoms with Crippen LogP contribution in [0.3, 0.4) is 0 Å². The van der Waals surface area contributed by atoms with Crippen LogP contribution in [0.15, 0.2) is 0 Å². The summed E-state index contributed by atoms with van der Waals surface area (Å²) >= 11 is 0. The van der Waals surface area contributed by atoms with Crippen LogP contribution in [0.1, 0.15) is 34.1 Å². The quantitative estimate of drug-likeness (QED) is 0.661. The number of amides is 1. The second kappa shape index (κ2) is 3.76. The molecule has 0 bridgehead atoms. The fourth-order valence-electron chi connectivity index (χ4n) is 1.70. The number of hydrogen-bond acceptors (Lipinski definition) is 3. The van der Waals surface area contributed by atoms with Crippen LogP contribution in [0.25, 0.3) is 0 Å². The lowest BCUT2D eigenvalue weighted by Crippen LogP contribution is -2.50. The number of aliphatic hydroxyl groups is 1. The minimum Gasteiger partial charge on any atom is -0.388 e. The zero-order valence-electron chi connectivity index (χ0n) is 10.1. The second-order valence-corrected chi connectivity index (χ2v) is 5.85. The molecular weight excluding hydrogens is 192 g/mol. The molecule has 1 aliphatic rings. The standard InChI is InChI=1S/C11H22N2O2/c1-10(2,3)8(12)9(14)13-6-5-11(4,15)7-13/h8,15H,5-7,12H2,1-4H3/t8-,11?/m0/s1. The summed E-state index contributed by atoms with van der Waals surface area (Å²) < 4.78 is 0. The second-order valence-electron chi connectivity index (χ2n) is 5.85. The molecule has 3 N–H and O–H groups in total. The topological polar surface area (TPSA) is 66.6 Å². The summed E-state index contributed by atoms with van der Waals surface area (Å²) in [4.78, 5) is 13.6. The first kappa shape index (κ1) is 12.5. The van der Waals surface area contributed by atoms with Crippen molar-refractivity contribution in [3.05, 3.63) is 0 Å². The third-order valence-corrected chi connectivity index (χ3v) is 2.96. The van der Waals surface area contributed by atoms with Crippen molar-refractivity contribution in [1.82, 2.24) is 4.90 Å². The molecule has 88 valence electrons. The third kappa shape index (κ3) is 2.92. The fraction of sp³-hybridized carbons (Fsp3) is 0.909. The van der Waals surface area contributed by atoms with E-state index < -0.39 is 11.6 Å². The molecule has 1 fully saturated rings. The van der Waals surface area contributed by atoms with E-state index in [0.717, 1.165) is 0 Å². The van der Waals surface area contributed by atoms with Crippen LogP contribution >= 0.6 is 0 Å². The van der Waals surface area contributed by atoms with Gasteiger partial charge in [-0.25, -0.2) is 0 Å². The van der Waals surface area contributed by atoms with E-state index in [2.05, 4.69) is 0 Å². The normalized spacial score (nSPS) is 29.3. The maximum absolute atomic E-state index is 12.0. The molecule has 15 heavy (non-hydrogen) atoms. The van der Waals surface area contributed by atoms with E-state index in [9.17, 15) is 9.90 Å². The highest BCUT2D eigenvalue weighted by atomic mass is 16.3. The smallest absolute Gasteiger partial charge is 0.240 e. The lowest BCUT2D eigenvalue weighted by Gasteiger charge is -2.30. The first-order chi connectivity index (χ1) is 6.63. The Morgan fingerprint density at radius 3 is 2.40 bits per heavy atom. The largest absolute Gasteiger partial charge is 0.388 e. The molecule has 1 unspecified atom stereocenters. The minimum absolute atomic E-state index is 0.0553. The van der Waals surface area contributed by atoms with Gasteiger partial charge in [-0.05, 0) is 18.8 Å². The van der Waals surface area contributed by atoms with Crippen molar-refractivity contribution in [1.29, 1.82) is 0 Å². The van der Waals surface area contributed by atoms with Crippen molar-refractivity contribution in [2.24, 2.45) is 11.1 Å². The van der Waals surface area contributed by atoms with Gasteiger partial charge in [0.1, 0.15) is 0 Å². The average molecular weight is 214 g/mol. The molecule has 1 heterocycles. The molecule has 1 aliphatic heterocycles. The van der Waals surface area contributed by atoms with Crippen LogP contribution in [0.5, 0.6) is 0 Å². The van der Waals surface area contributed by atoms with Crippen molar-refractivity contribution in [2.75, 3.05) is 13.1 Å². The zero-order valence-corrected chi connectivity index (χ0v) is 10.1. The number of hydrogen-bond donors (Lipinski definition) is 2. The first-order valence-corrected chi connectivity index (χ1v) is 5.40. The van der Waals surface area contributed by atoms with E-state index in [0.29, 0.717) is 19.5 Å². The Morgan fingerprint density at radius 2 is 2.07 bits per heavy atom. The van der Waals surface area contributed by atoms with E-state index in [1.54, 1.807) is 11.8 Å². The predicted octanol–water partition coefficient (Wildman–Crippen LogP) is 0.343. The molecule has 4 nitrogen and oxygen atoms in total. The molecule has 2 atom stereocenters.